The molecule has 1 atom stereocenters. The fourth-order valence-corrected chi connectivity index (χ4v) is 5.31. The van der Waals surface area contributed by atoms with Crippen LogP contribution in [0.3, 0.4) is 0 Å². The molecule has 0 aliphatic carbocycles. The molecule has 3 aromatic carbocycles. The molecule has 0 aromatic heterocycles. The van der Waals surface area contributed by atoms with Crippen molar-refractivity contribution >= 4 is 18.8 Å². The molecule has 3 aromatic rings. The highest BCUT2D eigenvalue weighted by molar-refractivity contribution is 7.68. The summed E-state index contributed by atoms with van der Waals surface area (Å²) in [5.41, 5.74) is 1.38. The number of hydrogen-bond acceptors (Lipinski definition) is 2. The smallest absolute Gasteiger partial charge is 0.0922 e. The predicted octanol–water partition coefficient (Wildman–Crippen LogP) is 4.33. The summed E-state index contributed by atoms with van der Waals surface area (Å²) in [5, 5.41) is 2.57. The molecule has 0 N–H and O–H groups in total. The van der Waals surface area contributed by atoms with Gasteiger partial charge in [-0.25, -0.2) is 0 Å². The topological polar surface area (TPSA) is 12.5 Å². The first-order chi connectivity index (χ1) is 12.9. The largest absolute Gasteiger partial charge is 0.345 e. The van der Waals surface area contributed by atoms with Gasteiger partial charge in [-0.2, -0.15) is 0 Å². The van der Waals surface area contributed by atoms with Crippen LogP contribution in [-0.2, 0) is 11.1 Å². The van der Waals surface area contributed by atoms with E-state index in [1.165, 1.54) is 16.2 Å². The molecule has 0 spiro atoms. The zero-order valence-electron chi connectivity index (χ0n) is 14.9. The molecule has 0 radical (unpaired) electrons. The Morgan fingerprint density at radius 2 is 1.31 bits per heavy atom. The lowest BCUT2D eigenvalue weighted by molar-refractivity contribution is 0.222. The van der Waals surface area contributed by atoms with Crippen molar-refractivity contribution in [2.45, 2.75) is 19.1 Å². The molecule has 2 nitrogen and oxygen atoms in total. The van der Waals surface area contributed by atoms with Crippen molar-refractivity contribution in [2.75, 3.05) is 13.1 Å². The van der Waals surface area contributed by atoms with Crippen molar-refractivity contribution in [3.63, 3.8) is 0 Å². The normalized spacial score (nSPS) is 17.7. The number of hydrogen-bond donors (Lipinski definition) is 0. The zero-order chi connectivity index (χ0) is 17.6. The molecule has 0 amide bonds. The fourth-order valence-electron chi connectivity index (χ4n) is 3.42. The Morgan fingerprint density at radius 3 is 1.88 bits per heavy atom. The summed E-state index contributed by atoms with van der Waals surface area (Å²) in [6.45, 7) is 3.12. The quantitative estimate of drug-likeness (QED) is 0.606. The van der Waals surface area contributed by atoms with Crippen LogP contribution in [0.4, 0.5) is 0 Å². The second-order valence-electron chi connectivity index (χ2n) is 6.70. The monoisotopic (exact) mass is 361 g/mol. The van der Waals surface area contributed by atoms with Crippen LogP contribution in [0.5, 0.6) is 0 Å². The van der Waals surface area contributed by atoms with Crippen molar-refractivity contribution < 1.29 is 4.52 Å². The number of likely N-dealkylation sites (tertiary alicyclic amines) is 1. The summed E-state index contributed by atoms with van der Waals surface area (Å²) in [6.07, 6.45) is 1.40. The van der Waals surface area contributed by atoms with Gasteiger partial charge < -0.3 is 4.52 Å². The second kappa shape index (κ2) is 8.60. The van der Waals surface area contributed by atoms with Gasteiger partial charge in [-0.3, -0.25) is 4.90 Å². The summed E-state index contributed by atoms with van der Waals surface area (Å²) in [4.78, 5) is 2.50. The highest BCUT2D eigenvalue weighted by Crippen LogP contribution is 2.38. The Morgan fingerprint density at radius 1 is 0.769 bits per heavy atom. The molecule has 132 valence electrons. The average molecular weight is 361 g/mol. The summed E-state index contributed by atoms with van der Waals surface area (Å²) in [6, 6.07) is 32.0. The maximum absolute atomic E-state index is 6.67. The van der Waals surface area contributed by atoms with Gasteiger partial charge in [-0.1, -0.05) is 91.0 Å². The SMILES string of the molecule is c1ccc(CN2CCC(OP(c3ccccc3)c3ccccc3)C2)cc1. The highest BCUT2D eigenvalue weighted by Gasteiger charge is 2.27. The van der Waals surface area contributed by atoms with Gasteiger partial charge >= 0.3 is 0 Å². The molecule has 0 saturated carbocycles. The predicted molar refractivity (Wildman–Crippen MR) is 110 cm³/mol. The molecule has 26 heavy (non-hydrogen) atoms. The molecule has 0 bridgehead atoms. The summed E-state index contributed by atoms with van der Waals surface area (Å²) >= 11 is 0. The van der Waals surface area contributed by atoms with Gasteiger partial charge in [-0.15, -0.1) is 0 Å². The van der Waals surface area contributed by atoms with E-state index in [9.17, 15) is 0 Å². The van der Waals surface area contributed by atoms with Gasteiger partial charge in [0.1, 0.15) is 0 Å². The van der Waals surface area contributed by atoms with Gasteiger partial charge in [0.15, 0.2) is 0 Å². The van der Waals surface area contributed by atoms with Gasteiger partial charge in [0, 0.05) is 30.2 Å². The van der Waals surface area contributed by atoms with Crippen molar-refractivity contribution in [1.82, 2.24) is 4.90 Å². The Hall–Kier alpha value is -1.99. The Balaban J connectivity index is 1.45. The molecule has 3 heteroatoms. The van der Waals surface area contributed by atoms with Crippen LogP contribution in [0, 0.1) is 0 Å². The van der Waals surface area contributed by atoms with Gasteiger partial charge in [-0.05, 0) is 12.0 Å². The zero-order valence-corrected chi connectivity index (χ0v) is 15.8. The minimum absolute atomic E-state index is 0.297. The minimum Gasteiger partial charge on any atom is -0.345 e. The van der Waals surface area contributed by atoms with E-state index >= 15 is 0 Å². The lowest BCUT2D eigenvalue weighted by atomic mass is 10.2. The van der Waals surface area contributed by atoms with Crippen molar-refractivity contribution in [1.29, 1.82) is 0 Å². The first-order valence-electron chi connectivity index (χ1n) is 9.22. The highest BCUT2D eigenvalue weighted by atomic mass is 31.1. The van der Waals surface area contributed by atoms with Crippen molar-refractivity contribution in [2.24, 2.45) is 0 Å². The average Bonchev–Trinajstić information content (AvgIpc) is 3.15. The number of nitrogens with zero attached hydrogens (tertiary/aromatic N) is 1. The maximum atomic E-state index is 6.67. The van der Waals surface area contributed by atoms with Gasteiger partial charge in [0.2, 0.25) is 0 Å². The van der Waals surface area contributed by atoms with E-state index in [0.717, 1.165) is 26.1 Å². The number of rotatable bonds is 6. The van der Waals surface area contributed by atoms with E-state index in [-0.39, 0.29) is 0 Å². The summed E-state index contributed by atoms with van der Waals surface area (Å²) < 4.78 is 6.67. The minimum atomic E-state index is -0.767. The van der Waals surface area contributed by atoms with Crippen LogP contribution in [0.2, 0.25) is 0 Å². The molecule has 1 aliphatic rings. The standard InChI is InChI=1S/C23H24NOP/c1-4-10-20(11-5-1)18-24-17-16-21(19-24)25-26(22-12-6-2-7-13-22)23-14-8-3-9-15-23/h1-15,21H,16-19H2. The Bertz CT molecular complexity index is 755. The third-order valence-electron chi connectivity index (χ3n) is 4.71. The first-order valence-corrected chi connectivity index (χ1v) is 10.5. The Kier molecular flexibility index (Phi) is 5.76. The number of benzene rings is 3. The summed E-state index contributed by atoms with van der Waals surface area (Å²) in [5.74, 6) is 0. The maximum Gasteiger partial charge on any atom is 0.0922 e. The third kappa shape index (κ3) is 4.40. The van der Waals surface area contributed by atoms with Crippen molar-refractivity contribution in [3.8, 4) is 0 Å². The molecule has 4 rings (SSSR count). The van der Waals surface area contributed by atoms with E-state index in [1.54, 1.807) is 0 Å². The van der Waals surface area contributed by atoms with E-state index in [1.807, 2.05) is 0 Å². The van der Waals surface area contributed by atoms with Gasteiger partial charge in [0.25, 0.3) is 0 Å². The molecular weight excluding hydrogens is 337 g/mol. The van der Waals surface area contributed by atoms with Crippen molar-refractivity contribution in [3.05, 3.63) is 96.6 Å². The molecule has 1 aliphatic heterocycles. The summed E-state index contributed by atoms with van der Waals surface area (Å²) in [7, 11) is -0.767. The lowest BCUT2D eigenvalue weighted by Crippen LogP contribution is -2.24. The lowest BCUT2D eigenvalue weighted by Gasteiger charge is -2.23. The van der Waals surface area contributed by atoms with E-state index in [4.69, 9.17) is 4.52 Å². The van der Waals surface area contributed by atoms with Crippen LogP contribution >= 0.6 is 8.15 Å². The molecular formula is C23H24NOP. The van der Waals surface area contributed by atoms with E-state index < -0.39 is 8.15 Å². The molecule has 1 saturated heterocycles. The van der Waals surface area contributed by atoms with Crippen LogP contribution in [-0.4, -0.2) is 24.1 Å². The first kappa shape index (κ1) is 17.4. The van der Waals surface area contributed by atoms with Crippen LogP contribution in [0.1, 0.15) is 12.0 Å². The third-order valence-corrected chi connectivity index (χ3v) is 6.76. The Labute approximate surface area is 157 Å². The van der Waals surface area contributed by atoms with Crippen LogP contribution in [0.25, 0.3) is 0 Å². The van der Waals surface area contributed by atoms with Crippen LogP contribution < -0.4 is 10.6 Å². The second-order valence-corrected chi connectivity index (χ2v) is 8.53. The molecule has 1 unspecified atom stereocenters. The molecule has 1 fully saturated rings. The van der Waals surface area contributed by atoms with Gasteiger partial charge in [0.05, 0.1) is 14.3 Å². The van der Waals surface area contributed by atoms with E-state index in [0.29, 0.717) is 6.10 Å². The fraction of sp³-hybridized carbons (Fsp3) is 0.217. The molecule has 1 heterocycles. The van der Waals surface area contributed by atoms with Crippen LogP contribution in [0.15, 0.2) is 91.0 Å². The van der Waals surface area contributed by atoms with E-state index in [2.05, 4.69) is 95.9 Å².